The first-order valence-corrected chi connectivity index (χ1v) is 9.04. The molecule has 1 atom stereocenters. The fraction of sp³-hybridized carbons (Fsp3) is 0.333. The average molecular weight is 340 g/mol. The minimum Gasteiger partial charge on any atom is -0.485 e. The maximum atomic E-state index is 6.23. The van der Waals surface area contributed by atoms with Crippen molar-refractivity contribution in [1.82, 2.24) is 9.97 Å². The number of ether oxygens (including phenoxy) is 1. The molecule has 3 heterocycles. The summed E-state index contributed by atoms with van der Waals surface area (Å²) in [7, 11) is 2.07. The molecule has 0 bridgehead atoms. The second kappa shape index (κ2) is 6.28. The number of hydrogen-bond donors (Lipinski definition) is 0. The highest BCUT2D eigenvalue weighted by Crippen LogP contribution is 2.33. The molecule has 24 heavy (non-hydrogen) atoms. The normalized spacial score (nSPS) is 16.8. The number of para-hydroxylation sites is 2. The van der Waals surface area contributed by atoms with Crippen molar-refractivity contribution in [3.63, 3.8) is 0 Å². The summed E-state index contributed by atoms with van der Waals surface area (Å²) in [5, 5.41) is 3.16. The molecule has 0 unspecified atom stereocenters. The van der Waals surface area contributed by atoms with E-state index < -0.39 is 0 Å². The molecular formula is C18H20N4OS. The van der Waals surface area contributed by atoms with Crippen molar-refractivity contribution >= 4 is 33.1 Å². The van der Waals surface area contributed by atoms with Crippen LogP contribution in [0.4, 0.5) is 11.5 Å². The summed E-state index contributed by atoms with van der Waals surface area (Å²) in [4.78, 5) is 14.4. The Hall–Kier alpha value is -2.34. The number of likely N-dealkylation sites (N-methyl/N-ethyl adjacent to an activating group) is 2. The van der Waals surface area contributed by atoms with Crippen molar-refractivity contribution < 1.29 is 4.74 Å². The molecular weight excluding hydrogens is 320 g/mol. The molecule has 1 aliphatic rings. The lowest BCUT2D eigenvalue weighted by molar-refractivity contribution is 0.200. The average Bonchev–Trinajstić information content (AvgIpc) is 3.09. The number of thiophene rings is 1. The van der Waals surface area contributed by atoms with Crippen LogP contribution in [0.15, 0.2) is 42.0 Å². The first kappa shape index (κ1) is 15.2. The van der Waals surface area contributed by atoms with E-state index in [9.17, 15) is 0 Å². The van der Waals surface area contributed by atoms with E-state index in [-0.39, 0.29) is 6.10 Å². The van der Waals surface area contributed by atoms with Crippen LogP contribution in [0.25, 0.3) is 10.2 Å². The van der Waals surface area contributed by atoms with Crippen LogP contribution in [0.5, 0.6) is 5.75 Å². The Morgan fingerprint density at radius 2 is 2.17 bits per heavy atom. The fourth-order valence-corrected chi connectivity index (χ4v) is 3.97. The van der Waals surface area contributed by atoms with Crippen LogP contribution in [0.3, 0.4) is 0 Å². The molecule has 1 aliphatic heterocycles. The van der Waals surface area contributed by atoms with Gasteiger partial charge in [0.05, 0.1) is 24.2 Å². The molecule has 0 amide bonds. The van der Waals surface area contributed by atoms with Crippen molar-refractivity contribution in [2.45, 2.75) is 13.0 Å². The highest BCUT2D eigenvalue weighted by atomic mass is 32.1. The molecule has 0 spiro atoms. The van der Waals surface area contributed by atoms with Gasteiger partial charge in [0.1, 0.15) is 28.8 Å². The summed E-state index contributed by atoms with van der Waals surface area (Å²) >= 11 is 1.64. The van der Waals surface area contributed by atoms with Crippen LogP contribution in [-0.2, 0) is 0 Å². The quantitative estimate of drug-likeness (QED) is 0.728. The fourth-order valence-electron chi connectivity index (χ4n) is 3.25. The van der Waals surface area contributed by atoms with E-state index in [4.69, 9.17) is 4.74 Å². The predicted octanol–water partition coefficient (Wildman–Crippen LogP) is 3.42. The van der Waals surface area contributed by atoms with Crippen LogP contribution < -0.4 is 14.5 Å². The molecule has 3 aromatic rings. The minimum absolute atomic E-state index is 0.105. The van der Waals surface area contributed by atoms with Gasteiger partial charge in [0.25, 0.3) is 0 Å². The van der Waals surface area contributed by atoms with Crippen LogP contribution in [0.1, 0.15) is 6.92 Å². The number of aromatic nitrogens is 2. The number of fused-ring (bicyclic) bond motifs is 2. The van der Waals surface area contributed by atoms with Gasteiger partial charge < -0.3 is 14.5 Å². The third-order valence-corrected chi connectivity index (χ3v) is 5.21. The zero-order valence-corrected chi connectivity index (χ0v) is 14.7. The van der Waals surface area contributed by atoms with Crippen molar-refractivity contribution in [2.75, 3.05) is 36.5 Å². The van der Waals surface area contributed by atoms with Crippen molar-refractivity contribution in [3.8, 4) is 5.75 Å². The molecule has 4 rings (SSSR count). The summed E-state index contributed by atoms with van der Waals surface area (Å²) in [6.45, 7) is 4.83. The lowest BCUT2D eigenvalue weighted by Crippen LogP contribution is -2.45. The number of nitrogens with zero attached hydrogens (tertiary/aromatic N) is 4. The summed E-state index contributed by atoms with van der Waals surface area (Å²) in [6, 6.07) is 10.3. The highest BCUT2D eigenvalue weighted by molar-refractivity contribution is 7.16. The van der Waals surface area contributed by atoms with E-state index in [1.54, 1.807) is 17.7 Å². The topological polar surface area (TPSA) is 41.5 Å². The standard InChI is InChI=1S/C18H20N4OS/c1-3-22-11-13(23-16-7-5-4-6-15(16)22)10-21(2)17-14-8-9-24-18(14)20-12-19-17/h4-9,12-13H,3,10-11H2,1-2H3/t13-/m1/s1. The second-order valence-corrected chi connectivity index (χ2v) is 6.86. The first-order valence-electron chi connectivity index (χ1n) is 8.16. The zero-order valence-electron chi connectivity index (χ0n) is 13.8. The SMILES string of the molecule is CCN1C[C@@H](CN(C)c2ncnc3sccc23)Oc2ccccc21. The van der Waals surface area contributed by atoms with E-state index in [1.807, 2.05) is 12.1 Å². The van der Waals surface area contributed by atoms with Gasteiger partial charge in [-0.05, 0) is 30.5 Å². The summed E-state index contributed by atoms with van der Waals surface area (Å²) < 4.78 is 6.23. The Bertz CT molecular complexity index is 850. The lowest BCUT2D eigenvalue weighted by atomic mass is 10.2. The van der Waals surface area contributed by atoms with E-state index in [1.165, 1.54) is 5.69 Å². The van der Waals surface area contributed by atoms with E-state index in [0.717, 1.165) is 41.4 Å². The number of benzene rings is 1. The van der Waals surface area contributed by atoms with Gasteiger partial charge in [0, 0.05) is 13.6 Å². The smallest absolute Gasteiger partial charge is 0.143 e. The Morgan fingerprint density at radius 3 is 3.04 bits per heavy atom. The lowest BCUT2D eigenvalue weighted by Gasteiger charge is -2.37. The third-order valence-electron chi connectivity index (χ3n) is 4.39. The maximum Gasteiger partial charge on any atom is 0.143 e. The maximum absolute atomic E-state index is 6.23. The van der Waals surface area contributed by atoms with Gasteiger partial charge in [0.15, 0.2) is 0 Å². The van der Waals surface area contributed by atoms with E-state index in [0.29, 0.717) is 0 Å². The predicted molar refractivity (Wildman–Crippen MR) is 99.4 cm³/mol. The van der Waals surface area contributed by atoms with Gasteiger partial charge >= 0.3 is 0 Å². The minimum atomic E-state index is 0.105. The summed E-state index contributed by atoms with van der Waals surface area (Å²) in [5.74, 6) is 1.93. The van der Waals surface area contributed by atoms with Gasteiger partial charge in [-0.25, -0.2) is 9.97 Å². The molecule has 6 heteroatoms. The number of anilines is 2. The van der Waals surface area contributed by atoms with Crippen LogP contribution in [0.2, 0.25) is 0 Å². The van der Waals surface area contributed by atoms with E-state index in [2.05, 4.69) is 57.3 Å². The molecule has 0 aliphatic carbocycles. The molecule has 5 nitrogen and oxygen atoms in total. The van der Waals surface area contributed by atoms with Crippen LogP contribution >= 0.6 is 11.3 Å². The largest absolute Gasteiger partial charge is 0.485 e. The molecule has 0 N–H and O–H groups in total. The van der Waals surface area contributed by atoms with Crippen molar-refractivity contribution in [1.29, 1.82) is 0 Å². The van der Waals surface area contributed by atoms with Crippen molar-refractivity contribution in [3.05, 3.63) is 42.0 Å². The second-order valence-electron chi connectivity index (χ2n) is 5.96. The van der Waals surface area contributed by atoms with Gasteiger partial charge in [0.2, 0.25) is 0 Å². The molecule has 0 fully saturated rings. The Kier molecular flexibility index (Phi) is 3.98. The Labute approximate surface area is 145 Å². The molecule has 0 saturated heterocycles. The highest BCUT2D eigenvalue weighted by Gasteiger charge is 2.26. The molecule has 0 saturated carbocycles. The number of rotatable bonds is 4. The summed E-state index contributed by atoms with van der Waals surface area (Å²) in [5.41, 5.74) is 1.18. The Balaban J connectivity index is 1.56. The first-order chi connectivity index (χ1) is 11.8. The molecule has 1 aromatic carbocycles. The molecule has 0 radical (unpaired) electrons. The van der Waals surface area contributed by atoms with E-state index >= 15 is 0 Å². The summed E-state index contributed by atoms with van der Waals surface area (Å²) in [6.07, 6.45) is 1.74. The van der Waals surface area contributed by atoms with Gasteiger partial charge in [-0.2, -0.15) is 0 Å². The molecule has 124 valence electrons. The van der Waals surface area contributed by atoms with Crippen molar-refractivity contribution in [2.24, 2.45) is 0 Å². The Morgan fingerprint density at radius 1 is 1.29 bits per heavy atom. The van der Waals surface area contributed by atoms with Gasteiger partial charge in [-0.3, -0.25) is 0 Å². The molecule has 2 aromatic heterocycles. The number of hydrogen-bond acceptors (Lipinski definition) is 6. The van der Waals surface area contributed by atoms with Crippen LogP contribution in [-0.4, -0.2) is 42.8 Å². The van der Waals surface area contributed by atoms with Crippen LogP contribution in [0, 0.1) is 0 Å². The van der Waals surface area contributed by atoms with Gasteiger partial charge in [-0.1, -0.05) is 12.1 Å². The monoisotopic (exact) mass is 340 g/mol. The van der Waals surface area contributed by atoms with Gasteiger partial charge in [-0.15, -0.1) is 11.3 Å². The zero-order chi connectivity index (χ0) is 16.5. The third kappa shape index (κ3) is 2.67.